The van der Waals surface area contributed by atoms with E-state index in [2.05, 4.69) is 12.6 Å². The molecule has 0 spiro atoms. The summed E-state index contributed by atoms with van der Waals surface area (Å²) in [6, 6.07) is 0. The van der Waals surface area contributed by atoms with Crippen molar-refractivity contribution in [1.29, 1.82) is 0 Å². The molecule has 6 nitrogen and oxygen atoms in total. The van der Waals surface area contributed by atoms with Crippen molar-refractivity contribution in [3.8, 4) is 0 Å². The molecule has 8 heteroatoms. The number of thiol groups is 1. The van der Waals surface area contributed by atoms with Crippen molar-refractivity contribution in [3.05, 3.63) is 0 Å². The quantitative estimate of drug-likeness (QED) is 0.223. The lowest BCUT2D eigenvalue weighted by molar-refractivity contribution is -0.139. The highest BCUT2D eigenvalue weighted by Crippen LogP contribution is 2.38. The number of carboxylic acid groups (broad SMARTS) is 1. The molecule has 11 heavy (non-hydrogen) atoms. The van der Waals surface area contributed by atoms with Crippen molar-refractivity contribution < 1.29 is 24.3 Å². The molecular formula is C3H8NO5PS. The molecule has 0 amide bonds. The minimum atomic E-state index is -4.42. The number of hydrogen-bond acceptors (Lipinski definition) is 4. The van der Waals surface area contributed by atoms with Gasteiger partial charge in [-0.15, -0.1) is 12.6 Å². The van der Waals surface area contributed by atoms with Crippen LogP contribution in [0.15, 0.2) is 0 Å². The molecule has 0 fully saturated rings. The van der Waals surface area contributed by atoms with Crippen molar-refractivity contribution in [2.45, 2.75) is 4.87 Å². The molecule has 5 N–H and O–H groups in total. The summed E-state index contributed by atoms with van der Waals surface area (Å²) in [5.74, 6) is -1.57. The smallest absolute Gasteiger partial charge is 0.334 e. The van der Waals surface area contributed by atoms with Gasteiger partial charge in [0.25, 0.3) is 0 Å². The van der Waals surface area contributed by atoms with Gasteiger partial charge in [-0.2, -0.15) is 0 Å². The predicted molar refractivity (Wildman–Crippen MR) is 40.5 cm³/mol. The largest absolute Gasteiger partial charge is 0.479 e. The van der Waals surface area contributed by atoms with Crippen molar-refractivity contribution in [2.75, 3.05) is 6.16 Å². The summed E-state index contributed by atoms with van der Waals surface area (Å²) in [6.45, 7) is 0. The van der Waals surface area contributed by atoms with Gasteiger partial charge in [0, 0.05) is 0 Å². The van der Waals surface area contributed by atoms with E-state index in [4.69, 9.17) is 20.6 Å². The zero-order chi connectivity index (χ0) is 9.28. The summed E-state index contributed by atoms with van der Waals surface area (Å²) in [5, 5.41) is 8.26. The third-order valence-corrected chi connectivity index (χ3v) is 2.33. The molecule has 0 aromatic carbocycles. The molecule has 0 aliphatic carbocycles. The maximum Gasteiger partial charge on any atom is 0.334 e. The monoisotopic (exact) mass is 201 g/mol. The Morgan fingerprint density at radius 1 is 1.64 bits per heavy atom. The maximum atomic E-state index is 10.3. The van der Waals surface area contributed by atoms with Crippen LogP contribution in [0, 0.1) is 0 Å². The standard InChI is InChI=1S/C3H8NO5PS/c4-3(11,2(5)6)1-10(7,8)9/h11H,1,4H2,(H,5,6)(H2,7,8,9)/t3-/m1/s1. The van der Waals surface area contributed by atoms with Crippen LogP contribution in [0.1, 0.15) is 0 Å². The van der Waals surface area contributed by atoms with Crippen LogP contribution in [0.25, 0.3) is 0 Å². The van der Waals surface area contributed by atoms with Crippen molar-refractivity contribution in [1.82, 2.24) is 0 Å². The Bertz CT molecular complexity index is 210. The first kappa shape index (κ1) is 10.9. The number of hydrogen-bond donors (Lipinski definition) is 5. The molecule has 0 bridgehead atoms. The van der Waals surface area contributed by atoms with Crippen LogP contribution in [0.3, 0.4) is 0 Å². The molecule has 0 unspecified atom stereocenters. The second-order valence-electron chi connectivity index (χ2n) is 2.05. The van der Waals surface area contributed by atoms with Gasteiger partial charge < -0.3 is 20.6 Å². The molecule has 0 heterocycles. The summed E-state index contributed by atoms with van der Waals surface area (Å²) < 4.78 is 10.3. The highest BCUT2D eigenvalue weighted by Gasteiger charge is 2.36. The number of aliphatic carboxylic acids is 1. The Hall–Kier alpha value is -0.0700. The minimum Gasteiger partial charge on any atom is -0.479 e. The van der Waals surface area contributed by atoms with Crippen molar-refractivity contribution >= 4 is 26.2 Å². The number of carbonyl (C=O) groups is 1. The Labute approximate surface area is 68.0 Å². The highest BCUT2D eigenvalue weighted by atomic mass is 32.1. The van der Waals surface area contributed by atoms with Crippen LogP contribution in [-0.2, 0) is 9.36 Å². The Kier molecular flexibility index (Phi) is 3.10. The van der Waals surface area contributed by atoms with Gasteiger partial charge in [-0.3, -0.25) is 4.57 Å². The number of carboxylic acids is 1. The molecule has 0 saturated carbocycles. The van der Waals surface area contributed by atoms with E-state index in [-0.39, 0.29) is 0 Å². The summed E-state index contributed by atoms with van der Waals surface area (Å²) in [6.07, 6.45) is -0.988. The SMILES string of the molecule is N[C@@](S)(CP(=O)(O)O)C(=O)O. The minimum absolute atomic E-state index is 0.988. The second-order valence-corrected chi connectivity index (χ2v) is 4.50. The van der Waals surface area contributed by atoms with Crippen LogP contribution in [0.5, 0.6) is 0 Å². The number of nitrogens with two attached hydrogens (primary N) is 1. The van der Waals surface area contributed by atoms with Gasteiger partial charge in [0.2, 0.25) is 0 Å². The predicted octanol–water partition coefficient (Wildman–Crippen LogP) is -1.17. The summed E-state index contributed by atoms with van der Waals surface area (Å²) in [7, 11) is -4.42. The first-order valence-corrected chi connectivity index (χ1v) is 4.69. The second kappa shape index (κ2) is 3.12. The van der Waals surface area contributed by atoms with Gasteiger partial charge in [-0.25, -0.2) is 4.79 Å². The van der Waals surface area contributed by atoms with Crippen LogP contribution in [-0.4, -0.2) is 31.9 Å². The zero-order valence-electron chi connectivity index (χ0n) is 5.34. The van der Waals surface area contributed by atoms with Crippen LogP contribution < -0.4 is 5.73 Å². The fraction of sp³-hybridized carbons (Fsp3) is 0.667. The first-order chi connectivity index (χ1) is 4.65. The lowest BCUT2D eigenvalue weighted by Crippen LogP contribution is -2.45. The fourth-order valence-corrected chi connectivity index (χ4v) is 1.70. The Balaban J connectivity index is 4.37. The van der Waals surface area contributed by atoms with E-state index in [1.165, 1.54) is 0 Å². The van der Waals surface area contributed by atoms with E-state index in [9.17, 15) is 9.36 Å². The Morgan fingerprint density at radius 2 is 2.00 bits per heavy atom. The van der Waals surface area contributed by atoms with E-state index in [1.807, 2.05) is 0 Å². The molecule has 0 aliphatic rings. The van der Waals surface area contributed by atoms with E-state index >= 15 is 0 Å². The van der Waals surface area contributed by atoms with Crippen LogP contribution in [0.2, 0.25) is 0 Å². The molecule has 66 valence electrons. The Morgan fingerprint density at radius 3 is 2.09 bits per heavy atom. The van der Waals surface area contributed by atoms with Gasteiger partial charge in [-0.05, 0) is 0 Å². The molecule has 0 rings (SSSR count). The van der Waals surface area contributed by atoms with Gasteiger partial charge in [-0.1, -0.05) is 0 Å². The van der Waals surface area contributed by atoms with Gasteiger partial charge in [0.1, 0.15) is 0 Å². The molecular weight excluding hydrogens is 193 g/mol. The van der Waals surface area contributed by atoms with E-state index < -0.39 is 24.6 Å². The molecule has 0 aromatic heterocycles. The van der Waals surface area contributed by atoms with Gasteiger partial charge in [0.15, 0.2) is 4.87 Å². The first-order valence-electron chi connectivity index (χ1n) is 2.44. The lowest BCUT2D eigenvalue weighted by atomic mass is 10.4. The zero-order valence-corrected chi connectivity index (χ0v) is 7.13. The molecule has 0 radical (unpaired) electrons. The van der Waals surface area contributed by atoms with Crippen molar-refractivity contribution in [2.24, 2.45) is 5.73 Å². The normalized spacial score (nSPS) is 17.5. The van der Waals surface area contributed by atoms with Gasteiger partial charge >= 0.3 is 13.6 Å². The summed E-state index contributed by atoms with van der Waals surface area (Å²) in [5.41, 5.74) is 4.92. The topological polar surface area (TPSA) is 121 Å². The van der Waals surface area contributed by atoms with Crippen LogP contribution in [0.4, 0.5) is 0 Å². The molecule has 0 aliphatic heterocycles. The molecule has 0 aromatic rings. The maximum absolute atomic E-state index is 10.3. The summed E-state index contributed by atoms with van der Waals surface area (Å²) in [4.78, 5) is 24.6. The van der Waals surface area contributed by atoms with E-state index in [0.29, 0.717) is 0 Å². The number of rotatable bonds is 3. The summed E-state index contributed by atoms with van der Waals surface area (Å²) >= 11 is 3.36. The van der Waals surface area contributed by atoms with Crippen molar-refractivity contribution in [3.63, 3.8) is 0 Å². The lowest BCUT2D eigenvalue weighted by Gasteiger charge is -2.17. The third-order valence-electron chi connectivity index (χ3n) is 0.817. The molecule has 0 saturated heterocycles. The average molecular weight is 201 g/mol. The fourth-order valence-electron chi connectivity index (χ4n) is 0.382. The van der Waals surface area contributed by atoms with Crippen LogP contribution >= 0.6 is 20.2 Å². The molecule has 1 atom stereocenters. The highest BCUT2D eigenvalue weighted by molar-refractivity contribution is 7.83. The van der Waals surface area contributed by atoms with Gasteiger partial charge in [0.05, 0.1) is 6.16 Å². The van der Waals surface area contributed by atoms with E-state index in [0.717, 1.165) is 0 Å². The third kappa shape index (κ3) is 4.39. The average Bonchev–Trinajstić information content (AvgIpc) is 1.56. The van der Waals surface area contributed by atoms with E-state index in [1.54, 1.807) is 0 Å².